The van der Waals surface area contributed by atoms with Crippen LogP contribution >= 0.6 is 11.3 Å². The van der Waals surface area contributed by atoms with Gasteiger partial charge in [0.1, 0.15) is 11.4 Å². The number of methoxy groups -OCH3 is 1. The molecule has 0 spiro atoms. The van der Waals surface area contributed by atoms with Gasteiger partial charge in [0.25, 0.3) is 0 Å². The van der Waals surface area contributed by atoms with Crippen molar-refractivity contribution in [2.24, 2.45) is 0 Å². The molecular formula is C25H24N6O3S2. The van der Waals surface area contributed by atoms with Gasteiger partial charge in [-0.3, -0.25) is 4.40 Å². The van der Waals surface area contributed by atoms with Crippen molar-refractivity contribution in [1.82, 2.24) is 24.1 Å². The second-order valence-electron chi connectivity index (χ2n) is 8.00. The summed E-state index contributed by atoms with van der Waals surface area (Å²) in [6.45, 7) is 2.41. The van der Waals surface area contributed by atoms with Gasteiger partial charge in [-0.1, -0.05) is 17.7 Å². The first-order valence-electron chi connectivity index (χ1n) is 11.2. The van der Waals surface area contributed by atoms with Gasteiger partial charge in [-0.2, -0.15) is 0 Å². The molecule has 0 unspecified atom stereocenters. The van der Waals surface area contributed by atoms with Gasteiger partial charge >= 0.3 is 0 Å². The number of fused-ring (bicyclic) bond motifs is 1. The van der Waals surface area contributed by atoms with Gasteiger partial charge in [0, 0.05) is 36.4 Å². The quantitative estimate of drug-likeness (QED) is 0.280. The molecule has 184 valence electrons. The molecule has 0 aliphatic heterocycles. The lowest BCUT2D eigenvalue weighted by Crippen LogP contribution is -2.29. The first-order valence-corrected chi connectivity index (χ1v) is 13.5. The zero-order valence-corrected chi connectivity index (χ0v) is 21.3. The molecule has 11 heteroatoms. The Bertz CT molecular complexity index is 1590. The minimum Gasteiger partial charge on any atom is -0.497 e. The van der Waals surface area contributed by atoms with E-state index in [-0.39, 0.29) is 11.4 Å². The highest BCUT2D eigenvalue weighted by Crippen LogP contribution is 2.34. The summed E-state index contributed by atoms with van der Waals surface area (Å²) in [5, 5.41) is 5.08. The molecule has 0 aliphatic carbocycles. The molecule has 36 heavy (non-hydrogen) atoms. The molecule has 3 aromatic heterocycles. The van der Waals surface area contributed by atoms with E-state index in [9.17, 15) is 8.42 Å². The summed E-state index contributed by atoms with van der Waals surface area (Å²) >= 11 is 1.54. The van der Waals surface area contributed by atoms with E-state index < -0.39 is 10.0 Å². The number of sulfonamides is 1. The van der Waals surface area contributed by atoms with E-state index in [0.717, 1.165) is 33.2 Å². The lowest BCUT2D eigenvalue weighted by Gasteiger charge is -2.10. The zero-order valence-electron chi connectivity index (χ0n) is 19.7. The SMILES string of the molecule is COc1ccc(-c2nc3sccn3c2-c2ccnc(NCCNS(=O)(=O)c3ccc(C)cc3)n2)cc1. The average Bonchev–Trinajstić information content (AvgIpc) is 3.49. The highest BCUT2D eigenvalue weighted by Gasteiger charge is 2.19. The van der Waals surface area contributed by atoms with Gasteiger partial charge < -0.3 is 10.1 Å². The number of hydrogen-bond acceptors (Lipinski definition) is 8. The van der Waals surface area contributed by atoms with Crippen LogP contribution in [0.15, 0.2) is 77.3 Å². The molecule has 0 amide bonds. The highest BCUT2D eigenvalue weighted by atomic mass is 32.2. The first kappa shape index (κ1) is 23.9. The fourth-order valence-electron chi connectivity index (χ4n) is 3.72. The molecule has 0 saturated heterocycles. The summed E-state index contributed by atoms with van der Waals surface area (Å²) in [5.74, 6) is 1.17. The first-order chi connectivity index (χ1) is 17.4. The van der Waals surface area contributed by atoms with Crippen LogP contribution in [0, 0.1) is 6.92 Å². The molecule has 2 N–H and O–H groups in total. The third kappa shape index (κ3) is 4.94. The Morgan fingerprint density at radius 1 is 1.00 bits per heavy atom. The van der Waals surface area contributed by atoms with E-state index in [1.54, 1.807) is 48.9 Å². The van der Waals surface area contributed by atoms with Crippen LogP contribution in [0.1, 0.15) is 5.56 Å². The molecule has 0 aliphatic rings. The standard InChI is InChI=1S/C25H24N6O3S2/c1-17-3-9-20(10-4-17)36(32,33)28-14-13-27-24-26-12-11-21(29-24)23-22(30-25-31(23)15-16-35-25)18-5-7-19(34-2)8-6-18/h3-12,15-16,28H,13-14H2,1-2H3,(H,26,27,29). The smallest absolute Gasteiger partial charge is 0.240 e. The predicted molar refractivity (Wildman–Crippen MR) is 141 cm³/mol. The van der Waals surface area contributed by atoms with E-state index in [4.69, 9.17) is 9.72 Å². The van der Waals surface area contributed by atoms with Crippen molar-refractivity contribution < 1.29 is 13.2 Å². The minimum absolute atomic E-state index is 0.183. The molecule has 0 atom stereocenters. The van der Waals surface area contributed by atoms with Crippen molar-refractivity contribution in [3.05, 3.63) is 77.9 Å². The molecule has 3 heterocycles. The maximum atomic E-state index is 12.5. The van der Waals surface area contributed by atoms with Gasteiger partial charge in [-0.05, 0) is 49.4 Å². The lowest BCUT2D eigenvalue weighted by atomic mass is 10.1. The van der Waals surface area contributed by atoms with E-state index >= 15 is 0 Å². The molecule has 5 aromatic rings. The number of anilines is 1. The third-order valence-corrected chi connectivity index (χ3v) is 7.79. The number of imidazole rings is 1. The summed E-state index contributed by atoms with van der Waals surface area (Å²) < 4.78 is 34.9. The maximum absolute atomic E-state index is 12.5. The number of ether oxygens (including phenoxy) is 1. The molecule has 0 fully saturated rings. The van der Waals surface area contributed by atoms with E-state index in [0.29, 0.717) is 18.2 Å². The van der Waals surface area contributed by atoms with Crippen LogP contribution in [-0.4, -0.2) is 48.0 Å². The summed E-state index contributed by atoms with van der Waals surface area (Å²) in [4.78, 5) is 14.9. The van der Waals surface area contributed by atoms with Gasteiger partial charge in [-0.25, -0.2) is 28.1 Å². The number of nitrogens with one attached hydrogen (secondary N) is 2. The second-order valence-corrected chi connectivity index (χ2v) is 10.6. The van der Waals surface area contributed by atoms with Crippen LogP contribution in [-0.2, 0) is 10.0 Å². The number of hydrogen-bond donors (Lipinski definition) is 2. The van der Waals surface area contributed by atoms with Gasteiger partial charge in [-0.15, -0.1) is 11.3 Å². The summed E-state index contributed by atoms with van der Waals surface area (Å²) in [5.41, 5.74) is 4.30. The molecular weight excluding hydrogens is 496 g/mol. The lowest BCUT2D eigenvalue weighted by molar-refractivity contribution is 0.415. The van der Waals surface area contributed by atoms with Crippen LogP contribution in [0.2, 0.25) is 0 Å². The molecule has 9 nitrogen and oxygen atoms in total. The van der Waals surface area contributed by atoms with Crippen LogP contribution in [0.5, 0.6) is 5.75 Å². The molecule has 0 saturated carbocycles. The van der Waals surface area contributed by atoms with Crippen LogP contribution in [0.4, 0.5) is 5.95 Å². The van der Waals surface area contributed by atoms with Crippen LogP contribution in [0.3, 0.4) is 0 Å². The second kappa shape index (κ2) is 10.1. The summed E-state index contributed by atoms with van der Waals surface area (Å²) in [7, 11) is -1.95. The van der Waals surface area contributed by atoms with Crippen molar-refractivity contribution >= 4 is 32.3 Å². The Kier molecular flexibility index (Phi) is 6.68. The molecule has 2 aromatic carbocycles. The Morgan fingerprint density at radius 3 is 2.53 bits per heavy atom. The van der Waals surface area contributed by atoms with Crippen molar-refractivity contribution in [1.29, 1.82) is 0 Å². The fourth-order valence-corrected chi connectivity index (χ4v) is 5.46. The maximum Gasteiger partial charge on any atom is 0.240 e. The van der Waals surface area contributed by atoms with E-state index in [2.05, 4.69) is 20.0 Å². The van der Waals surface area contributed by atoms with E-state index in [1.165, 1.54) is 0 Å². The number of aromatic nitrogens is 4. The van der Waals surface area contributed by atoms with Gasteiger partial charge in [0.15, 0.2) is 4.96 Å². The van der Waals surface area contributed by atoms with Crippen LogP contribution < -0.4 is 14.8 Å². The fraction of sp³-hybridized carbons (Fsp3) is 0.160. The minimum atomic E-state index is -3.58. The van der Waals surface area contributed by atoms with Crippen molar-refractivity contribution in [3.63, 3.8) is 0 Å². The van der Waals surface area contributed by atoms with E-state index in [1.807, 2.05) is 53.2 Å². The molecule has 0 radical (unpaired) electrons. The Balaban J connectivity index is 1.34. The Labute approximate surface area is 212 Å². The number of aryl methyl sites for hydroxylation is 1. The third-order valence-electron chi connectivity index (χ3n) is 5.56. The van der Waals surface area contributed by atoms with Crippen LogP contribution in [0.25, 0.3) is 27.6 Å². The largest absolute Gasteiger partial charge is 0.497 e. The normalized spacial score (nSPS) is 11.6. The topological polar surface area (TPSA) is 111 Å². The van der Waals surface area contributed by atoms with Crippen molar-refractivity contribution in [2.45, 2.75) is 11.8 Å². The number of nitrogens with zero attached hydrogens (tertiary/aromatic N) is 4. The summed E-state index contributed by atoms with van der Waals surface area (Å²) in [6, 6.07) is 16.3. The average molecular weight is 521 g/mol. The monoisotopic (exact) mass is 520 g/mol. The summed E-state index contributed by atoms with van der Waals surface area (Å²) in [6.07, 6.45) is 3.63. The zero-order chi connectivity index (χ0) is 25.1. The van der Waals surface area contributed by atoms with Gasteiger partial charge in [0.2, 0.25) is 16.0 Å². The Hall–Kier alpha value is -3.80. The number of benzene rings is 2. The van der Waals surface area contributed by atoms with Crippen molar-refractivity contribution in [2.75, 3.05) is 25.5 Å². The Morgan fingerprint density at radius 2 is 1.78 bits per heavy atom. The molecule has 0 bridgehead atoms. The van der Waals surface area contributed by atoms with Crippen molar-refractivity contribution in [3.8, 4) is 28.4 Å². The molecule has 5 rings (SSSR count). The van der Waals surface area contributed by atoms with Gasteiger partial charge in [0.05, 0.1) is 23.4 Å². The highest BCUT2D eigenvalue weighted by molar-refractivity contribution is 7.89. The number of thiazole rings is 1. The number of rotatable bonds is 9. The predicted octanol–water partition coefficient (Wildman–Crippen LogP) is 4.23.